The molecule has 30 heavy (non-hydrogen) atoms. The van der Waals surface area contributed by atoms with E-state index in [-0.39, 0.29) is 17.2 Å². The second kappa shape index (κ2) is 8.46. The van der Waals surface area contributed by atoms with Gasteiger partial charge in [-0.3, -0.25) is 4.79 Å². The predicted molar refractivity (Wildman–Crippen MR) is 116 cm³/mol. The number of amides is 1. The second-order valence-electron chi connectivity index (χ2n) is 6.84. The van der Waals surface area contributed by atoms with E-state index in [9.17, 15) is 15.2 Å². The fourth-order valence-corrected chi connectivity index (χ4v) is 3.48. The van der Waals surface area contributed by atoms with Gasteiger partial charge in [0.1, 0.15) is 5.69 Å². The highest BCUT2D eigenvalue weighted by Gasteiger charge is 2.21. The summed E-state index contributed by atoms with van der Waals surface area (Å²) >= 11 is 0. The van der Waals surface area contributed by atoms with Crippen LogP contribution in [0.3, 0.4) is 0 Å². The highest BCUT2D eigenvalue weighted by atomic mass is 16.3. The van der Waals surface area contributed by atoms with Crippen LogP contribution >= 0.6 is 0 Å². The normalized spacial score (nSPS) is 10.5. The summed E-state index contributed by atoms with van der Waals surface area (Å²) in [5, 5.41) is 23.6. The summed E-state index contributed by atoms with van der Waals surface area (Å²) in [4.78, 5) is 17.6. The van der Waals surface area contributed by atoms with Gasteiger partial charge in [-0.05, 0) is 24.1 Å². The summed E-state index contributed by atoms with van der Waals surface area (Å²) in [5.41, 5.74) is 3.40. The molecule has 3 aromatic carbocycles. The lowest BCUT2D eigenvalue weighted by atomic mass is 10.0. The van der Waals surface area contributed by atoms with Crippen LogP contribution in [-0.2, 0) is 6.42 Å². The van der Waals surface area contributed by atoms with Gasteiger partial charge in [-0.25, -0.2) is 4.98 Å². The van der Waals surface area contributed by atoms with Crippen molar-refractivity contribution < 1.29 is 9.90 Å². The van der Waals surface area contributed by atoms with Gasteiger partial charge in [-0.15, -0.1) is 0 Å². The van der Waals surface area contributed by atoms with Crippen molar-refractivity contribution in [1.29, 1.82) is 5.26 Å². The lowest BCUT2D eigenvalue weighted by molar-refractivity contribution is 0.0953. The minimum atomic E-state index is -0.377. The van der Waals surface area contributed by atoms with Crippen molar-refractivity contribution in [2.75, 3.05) is 6.54 Å². The Morgan fingerprint density at radius 1 is 0.967 bits per heavy atom. The Morgan fingerprint density at radius 2 is 1.67 bits per heavy atom. The van der Waals surface area contributed by atoms with Crippen molar-refractivity contribution in [3.05, 3.63) is 95.6 Å². The number of pyridine rings is 1. The number of para-hydroxylation sites is 1. The zero-order valence-corrected chi connectivity index (χ0v) is 16.2. The molecule has 0 atom stereocenters. The maximum atomic E-state index is 13.0. The van der Waals surface area contributed by atoms with Gasteiger partial charge in [0.2, 0.25) is 0 Å². The Morgan fingerprint density at radius 3 is 2.47 bits per heavy atom. The molecule has 0 saturated heterocycles. The fourth-order valence-electron chi connectivity index (χ4n) is 3.48. The van der Waals surface area contributed by atoms with E-state index < -0.39 is 0 Å². The van der Waals surface area contributed by atoms with Gasteiger partial charge in [0.25, 0.3) is 5.91 Å². The van der Waals surface area contributed by atoms with E-state index in [1.807, 2.05) is 66.7 Å². The number of benzene rings is 3. The largest absolute Gasteiger partial charge is 0.505 e. The first-order valence-electron chi connectivity index (χ1n) is 9.62. The monoisotopic (exact) mass is 393 g/mol. The molecule has 0 aliphatic heterocycles. The van der Waals surface area contributed by atoms with Crippen LogP contribution in [0.25, 0.3) is 22.2 Å². The SMILES string of the molecule is N#Cc1ccccc1CCNC(=O)c1c(O)c(-c2ccccc2)nc2ccccc12. The molecule has 5 heteroatoms. The number of nitrogens with zero attached hydrogens (tertiary/aromatic N) is 2. The van der Waals surface area contributed by atoms with E-state index >= 15 is 0 Å². The zero-order valence-electron chi connectivity index (χ0n) is 16.2. The molecule has 4 aromatic rings. The van der Waals surface area contributed by atoms with Gasteiger partial charge in [-0.2, -0.15) is 5.26 Å². The van der Waals surface area contributed by atoms with E-state index in [2.05, 4.69) is 16.4 Å². The van der Waals surface area contributed by atoms with Crippen molar-refractivity contribution in [1.82, 2.24) is 10.3 Å². The van der Waals surface area contributed by atoms with Crippen molar-refractivity contribution in [2.24, 2.45) is 0 Å². The minimum Gasteiger partial charge on any atom is -0.505 e. The third kappa shape index (κ3) is 3.71. The van der Waals surface area contributed by atoms with Crippen LogP contribution in [0.4, 0.5) is 0 Å². The molecule has 0 radical (unpaired) electrons. The number of hydrogen-bond acceptors (Lipinski definition) is 4. The summed E-state index contributed by atoms with van der Waals surface area (Å²) < 4.78 is 0. The van der Waals surface area contributed by atoms with Crippen molar-refractivity contribution >= 4 is 16.8 Å². The molecular formula is C25H19N3O2. The molecule has 1 aromatic heterocycles. The molecule has 5 nitrogen and oxygen atoms in total. The Labute approximate surface area is 174 Å². The molecular weight excluding hydrogens is 374 g/mol. The van der Waals surface area contributed by atoms with Gasteiger partial charge in [0.15, 0.2) is 5.75 Å². The van der Waals surface area contributed by atoms with Crippen LogP contribution in [0.5, 0.6) is 5.75 Å². The van der Waals surface area contributed by atoms with Crippen LogP contribution < -0.4 is 5.32 Å². The number of hydrogen-bond donors (Lipinski definition) is 2. The molecule has 0 fully saturated rings. The molecule has 0 aliphatic rings. The zero-order chi connectivity index (χ0) is 20.9. The first kappa shape index (κ1) is 19.2. The molecule has 0 bridgehead atoms. The molecule has 1 amide bonds. The van der Waals surface area contributed by atoms with Crippen LogP contribution in [0.1, 0.15) is 21.5 Å². The van der Waals surface area contributed by atoms with E-state index in [0.29, 0.717) is 35.1 Å². The number of fused-ring (bicyclic) bond motifs is 1. The number of rotatable bonds is 5. The fraction of sp³-hybridized carbons (Fsp3) is 0.0800. The molecule has 1 heterocycles. The molecule has 146 valence electrons. The summed E-state index contributed by atoms with van der Waals surface area (Å²) in [7, 11) is 0. The van der Waals surface area contributed by atoms with Gasteiger partial charge in [0.05, 0.1) is 22.7 Å². The van der Waals surface area contributed by atoms with Crippen LogP contribution in [0.2, 0.25) is 0 Å². The van der Waals surface area contributed by atoms with Gasteiger partial charge in [0, 0.05) is 17.5 Å². The lowest BCUT2D eigenvalue weighted by Crippen LogP contribution is -2.26. The molecule has 0 unspecified atom stereocenters. The number of carbonyl (C=O) groups is 1. The molecule has 0 aliphatic carbocycles. The van der Waals surface area contributed by atoms with E-state index in [4.69, 9.17) is 0 Å². The quantitative estimate of drug-likeness (QED) is 0.524. The minimum absolute atomic E-state index is 0.144. The first-order chi connectivity index (χ1) is 14.7. The van der Waals surface area contributed by atoms with E-state index in [1.54, 1.807) is 12.1 Å². The summed E-state index contributed by atoms with van der Waals surface area (Å²) in [6.07, 6.45) is 0.519. The molecule has 4 rings (SSSR count). The van der Waals surface area contributed by atoms with Gasteiger partial charge < -0.3 is 10.4 Å². The average Bonchev–Trinajstić information content (AvgIpc) is 2.79. The Hall–Kier alpha value is -4.17. The lowest BCUT2D eigenvalue weighted by Gasteiger charge is -2.13. The maximum absolute atomic E-state index is 13.0. The van der Waals surface area contributed by atoms with Gasteiger partial charge in [-0.1, -0.05) is 66.7 Å². The van der Waals surface area contributed by atoms with Crippen LogP contribution in [-0.4, -0.2) is 22.5 Å². The molecule has 2 N–H and O–H groups in total. The molecule has 0 saturated carbocycles. The second-order valence-corrected chi connectivity index (χ2v) is 6.84. The Kier molecular flexibility index (Phi) is 5.40. The van der Waals surface area contributed by atoms with Gasteiger partial charge >= 0.3 is 0 Å². The Balaban J connectivity index is 1.66. The number of nitriles is 1. The number of aromatic nitrogens is 1. The third-order valence-electron chi connectivity index (χ3n) is 4.96. The first-order valence-corrected chi connectivity index (χ1v) is 9.62. The van der Waals surface area contributed by atoms with Crippen molar-refractivity contribution in [3.8, 4) is 23.1 Å². The number of nitrogens with one attached hydrogen (secondary N) is 1. The predicted octanol–water partition coefficient (Wildman–Crippen LogP) is 4.45. The van der Waals surface area contributed by atoms with Crippen molar-refractivity contribution in [3.63, 3.8) is 0 Å². The topological polar surface area (TPSA) is 86.0 Å². The highest BCUT2D eigenvalue weighted by molar-refractivity contribution is 6.10. The summed E-state index contributed by atoms with van der Waals surface area (Å²) in [6, 6.07) is 26.0. The Bertz CT molecular complexity index is 1260. The standard InChI is InChI=1S/C25H19N3O2/c26-16-19-11-5-4-8-17(19)14-15-27-25(30)22-20-12-6-7-13-21(20)28-23(24(22)29)18-9-2-1-3-10-18/h1-13,29H,14-15H2,(H,27,30). The summed E-state index contributed by atoms with van der Waals surface area (Å²) in [6.45, 7) is 0.342. The van der Waals surface area contributed by atoms with Crippen LogP contribution in [0.15, 0.2) is 78.9 Å². The smallest absolute Gasteiger partial charge is 0.255 e. The average molecular weight is 393 g/mol. The number of carbonyl (C=O) groups excluding carboxylic acids is 1. The number of aromatic hydroxyl groups is 1. The summed E-state index contributed by atoms with van der Waals surface area (Å²) in [5.74, 6) is -0.521. The van der Waals surface area contributed by atoms with Crippen molar-refractivity contribution in [2.45, 2.75) is 6.42 Å². The maximum Gasteiger partial charge on any atom is 0.255 e. The van der Waals surface area contributed by atoms with E-state index in [0.717, 1.165) is 11.1 Å². The van der Waals surface area contributed by atoms with Crippen LogP contribution in [0, 0.1) is 11.3 Å². The molecule has 0 spiro atoms. The highest BCUT2D eigenvalue weighted by Crippen LogP contribution is 2.35. The van der Waals surface area contributed by atoms with E-state index in [1.165, 1.54) is 0 Å². The third-order valence-corrected chi connectivity index (χ3v) is 4.96.